The Hall–Kier alpha value is -2.13. The van der Waals surface area contributed by atoms with Crippen molar-refractivity contribution in [3.05, 3.63) is 33.9 Å². The number of aliphatic hydroxyl groups is 1. The van der Waals surface area contributed by atoms with Crippen molar-refractivity contribution in [1.82, 2.24) is 0 Å². The summed E-state index contributed by atoms with van der Waals surface area (Å²) in [4.78, 5) is 12.4. The highest BCUT2D eigenvalue weighted by atomic mass is 16.6. The lowest BCUT2D eigenvalue weighted by molar-refractivity contribution is -0.384. The first-order chi connectivity index (χ1) is 9.15. The van der Waals surface area contributed by atoms with Crippen LogP contribution in [0.4, 0.5) is 11.4 Å². The summed E-state index contributed by atoms with van der Waals surface area (Å²) in [6, 6.07) is 6.51. The summed E-state index contributed by atoms with van der Waals surface area (Å²) in [6.07, 6.45) is 1.82. The van der Waals surface area contributed by atoms with Crippen LogP contribution in [0.3, 0.4) is 0 Å². The predicted molar refractivity (Wildman–Crippen MR) is 72.0 cm³/mol. The first-order valence-electron chi connectivity index (χ1n) is 6.19. The Morgan fingerprint density at radius 2 is 2.21 bits per heavy atom. The third kappa shape index (κ3) is 3.66. The molecule has 0 radical (unpaired) electrons. The van der Waals surface area contributed by atoms with Crippen molar-refractivity contribution in [3.63, 3.8) is 0 Å². The van der Waals surface area contributed by atoms with E-state index < -0.39 is 4.92 Å². The van der Waals surface area contributed by atoms with Gasteiger partial charge in [-0.3, -0.25) is 10.1 Å². The van der Waals surface area contributed by atoms with E-state index in [-0.39, 0.29) is 17.9 Å². The van der Waals surface area contributed by atoms with Crippen molar-refractivity contribution in [2.24, 2.45) is 0 Å². The third-order valence-electron chi connectivity index (χ3n) is 2.81. The lowest BCUT2D eigenvalue weighted by Crippen LogP contribution is -2.28. The topological polar surface area (TPSA) is 90.4 Å². The lowest BCUT2D eigenvalue weighted by Gasteiger charge is -2.23. The van der Waals surface area contributed by atoms with E-state index in [4.69, 9.17) is 10.4 Å². The number of hydrogen-bond acceptors (Lipinski definition) is 5. The fourth-order valence-corrected chi connectivity index (χ4v) is 1.89. The molecule has 0 aliphatic heterocycles. The van der Waals surface area contributed by atoms with Gasteiger partial charge >= 0.3 is 5.69 Å². The zero-order valence-electron chi connectivity index (χ0n) is 10.9. The van der Waals surface area contributed by atoms with E-state index in [2.05, 4.69) is 0 Å². The number of nitro benzene ring substituents is 1. The standard InChI is InChI=1S/C13H17N3O3/c1-2-3-7-15(8-9-17)12-6-4-5-11(10-14)13(12)16(18)19/h4-6,17H,2-3,7-9H2,1H3. The van der Waals surface area contributed by atoms with Gasteiger partial charge < -0.3 is 10.0 Å². The molecule has 1 aromatic rings. The molecule has 0 saturated heterocycles. The van der Waals surface area contributed by atoms with E-state index in [1.165, 1.54) is 6.07 Å². The summed E-state index contributed by atoms with van der Waals surface area (Å²) in [7, 11) is 0. The van der Waals surface area contributed by atoms with Gasteiger partial charge in [-0.15, -0.1) is 0 Å². The average Bonchev–Trinajstić information content (AvgIpc) is 2.42. The average molecular weight is 263 g/mol. The van der Waals surface area contributed by atoms with Crippen LogP contribution in [-0.2, 0) is 0 Å². The monoisotopic (exact) mass is 263 g/mol. The molecule has 102 valence electrons. The van der Waals surface area contributed by atoms with Crippen LogP contribution in [-0.4, -0.2) is 29.7 Å². The lowest BCUT2D eigenvalue weighted by atomic mass is 10.1. The minimum absolute atomic E-state index is 0.0435. The van der Waals surface area contributed by atoms with Crippen LogP contribution in [0.5, 0.6) is 0 Å². The van der Waals surface area contributed by atoms with Gasteiger partial charge in [-0.2, -0.15) is 5.26 Å². The molecule has 6 nitrogen and oxygen atoms in total. The number of nitriles is 1. The molecule has 0 aliphatic rings. The van der Waals surface area contributed by atoms with Gasteiger partial charge in [-0.1, -0.05) is 19.4 Å². The van der Waals surface area contributed by atoms with E-state index in [9.17, 15) is 10.1 Å². The van der Waals surface area contributed by atoms with Crippen LogP contribution in [0, 0.1) is 21.4 Å². The van der Waals surface area contributed by atoms with Crippen molar-refractivity contribution in [2.75, 3.05) is 24.6 Å². The molecule has 0 amide bonds. The molecule has 0 heterocycles. The fourth-order valence-electron chi connectivity index (χ4n) is 1.89. The number of nitrogens with zero attached hydrogens (tertiary/aromatic N) is 3. The Balaban J connectivity index is 3.21. The van der Waals surface area contributed by atoms with Gasteiger partial charge in [0.05, 0.1) is 11.5 Å². The van der Waals surface area contributed by atoms with Crippen molar-refractivity contribution in [3.8, 4) is 6.07 Å². The molecule has 19 heavy (non-hydrogen) atoms. The summed E-state index contributed by atoms with van der Waals surface area (Å²) in [5, 5.41) is 29.2. The van der Waals surface area contributed by atoms with Crippen LogP contribution in [0.15, 0.2) is 18.2 Å². The van der Waals surface area contributed by atoms with Crippen LogP contribution in [0.25, 0.3) is 0 Å². The molecule has 6 heteroatoms. The zero-order valence-corrected chi connectivity index (χ0v) is 10.9. The first-order valence-corrected chi connectivity index (χ1v) is 6.19. The van der Waals surface area contributed by atoms with Crippen LogP contribution in [0.1, 0.15) is 25.3 Å². The SMILES string of the molecule is CCCCN(CCO)c1cccc(C#N)c1[N+](=O)[O-]. The quantitative estimate of drug-likeness (QED) is 0.600. The Bertz CT molecular complexity index is 483. The number of benzene rings is 1. The van der Waals surface area contributed by atoms with Crippen molar-refractivity contribution in [2.45, 2.75) is 19.8 Å². The molecule has 0 aromatic heterocycles. The second kappa shape index (κ2) is 7.34. The van der Waals surface area contributed by atoms with Gasteiger partial charge in [0.2, 0.25) is 0 Å². The Morgan fingerprint density at radius 3 is 2.74 bits per heavy atom. The number of rotatable bonds is 7. The summed E-state index contributed by atoms with van der Waals surface area (Å²) in [6.45, 7) is 2.87. The molecule has 0 saturated carbocycles. The fraction of sp³-hybridized carbons (Fsp3) is 0.462. The van der Waals surface area contributed by atoms with Gasteiger partial charge in [-0.05, 0) is 18.6 Å². The molecule has 1 N–H and O–H groups in total. The van der Waals surface area contributed by atoms with Gasteiger partial charge in [0.1, 0.15) is 17.3 Å². The maximum atomic E-state index is 11.1. The number of aliphatic hydroxyl groups excluding tert-OH is 1. The molecular weight excluding hydrogens is 246 g/mol. The van der Waals surface area contributed by atoms with E-state index in [0.717, 1.165) is 12.8 Å². The number of unbranched alkanes of at least 4 members (excludes halogenated alkanes) is 1. The minimum atomic E-state index is -0.537. The third-order valence-corrected chi connectivity index (χ3v) is 2.81. The van der Waals surface area contributed by atoms with Gasteiger partial charge in [0.15, 0.2) is 0 Å². The first kappa shape index (κ1) is 14.9. The smallest absolute Gasteiger partial charge is 0.310 e. The minimum Gasteiger partial charge on any atom is -0.395 e. The predicted octanol–water partition coefficient (Wildman–Crippen LogP) is 2.07. The van der Waals surface area contributed by atoms with Crippen LogP contribution >= 0.6 is 0 Å². The van der Waals surface area contributed by atoms with Crippen LogP contribution < -0.4 is 4.90 Å². The molecule has 1 aromatic carbocycles. The summed E-state index contributed by atoms with van der Waals surface area (Å²) in [5.74, 6) is 0. The molecule has 0 bridgehead atoms. The van der Waals surface area contributed by atoms with E-state index in [1.54, 1.807) is 17.0 Å². The highest BCUT2D eigenvalue weighted by molar-refractivity contribution is 5.69. The maximum absolute atomic E-state index is 11.1. The Labute approximate surface area is 112 Å². The number of para-hydroxylation sites is 1. The number of nitro groups is 1. The van der Waals surface area contributed by atoms with Gasteiger partial charge in [0, 0.05) is 13.1 Å². The van der Waals surface area contributed by atoms with E-state index in [1.807, 2.05) is 13.0 Å². The Morgan fingerprint density at radius 1 is 1.47 bits per heavy atom. The van der Waals surface area contributed by atoms with Crippen LogP contribution in [0.2, 0.25) is 0 Å². The molecule has 0 atom stereocenters. The van der Waals surface area contributed by atoms with Crippen molar-refractivity contribution in [1.29, 1.82) is 5.26 Å². The summed E-state index contributed by atoms with van der Waals surface area (Å²) in [5.41, 5.74) is 0.253. The molecule has 0 spiro atoms. The number of anilines is 1. The maximum Gasteiger partial charge on any atom is 0.310 e. The summed E-state index contributed by atoms with van der Waals surface area (Å²) >= 11 is 0. The highest BCUT2D eigenvalue weighted by Gasteiger charge is 2.23. The molecule has 0 unspecified atom stereocenters. The zero-order chi connectivity index (χ0) is 14.3. The molecule has 0 aliphatic carbocycles. The van der Waals surface area contributed by atoms with Gasteiger partial charge in [-0.25, -0.2) is 0 Å². The molecule has 0 fully saturated rings. The van der Waals surface area contributed by atoms with E-state index >= 15 is 0 Å². The second-order valence-electron chi connectivity index (χ2n) is 4.11. The van der Waals surface area contributed by atoms with Gasteiger partial charge in [0.25, 0.3) is 0 Å². The Kier molecular flexibility index (Phi) is 5.76. The second-order valence-corrected chi connectivity index (χ2v) is 4.11. The highest BCUT2D eigenvalue weighted by Crippen LogP contribution is 2.31. The number of hydrogen-bond donors (Lipinski definition) is 1. The van der Waals surface area contributed by atoms with E-state index in [0.29, 0.717) is 18.8 Å². The molecular formula is C13H17N3O3. The summed E-state index contributed by atoms with van der Waals surface area (Å²) < 4.78 is 0. The van der Waals surface area contributed by atoms with Crippen molar-refractivity contribution >= 4 is 11.4 Å². The normalized spacial score (nSPS) is 9.95. The van der Waals surface area contributed by atoms with Crippen molar-refractivity contribution < 1.29 is 10.0 Å². The molecule has 1 rings (SSSR count). The largest absolute Gasteiger partial charge is 0.395 e.